The summed E-state index contributed by atoms with van der Waals surface area (Å²) in [4.78, 5) is 23.6. The van der Waals surface area contributed by atoms with E-state index < -0.39 is 0 Å². The lowest BCUT2D eigenvalue weighted by atomic mass is 10.2. The monoisotopic (exact) mass is 366 g/mol. The topological polar surface area (TPSA) is 70.7 Å². The number of carbonyl (C=O) groups is 1. The summed E-state index contributed by atoms with van der Waals surface area (Å²) in [6.07, 6.45) is 1.43. The van der Waals surface area contributed by atoms with Gasteiger partial charge in [0, 0.05) is 6.20 Å². The summed E-state index contributed by atoms with van der Waals surface area (Å²) < 4.78 is 0. The highest BCUT2D eigenvalue weighted by atomic mass is 35.5. The van der Waals surface area contributed by atoms with E-state index in [1.54, 1.807) is 0 Å². The zero-order valence-corrected chi connectivity index (χ0v) is 14.4. The second kappa shape index (κ2) is 6.78. The minimum Gasteiger partial charge on any atom is -0.333 e. The Morgan fingerprint density at radius 2 is 2.17 bits per heavy atom. The highest BCUT2D eigenvalue weighted by Gasteiger charge is 2.10. The van der Waals surface area contributed by atoms with Crippen LogP contribution in [-0.2, 0) is 4.79 Å². The third-order valence-electron chi connectivity index (χ3n) is 3.02. The lowest BCUT2D eigenvalue weighted by Crippen LogP contribution is -2.15. The van der Waals surface area contributed by atoms with Gasteiger partial charge < -0.3 is 10.3 Å². The molecule has 2 heterocycles. The number of aryl methyl sites for hydroxylation is 1. The molecule has 118 valence electrons. The number of carbonyl (C=O) groups excluding carboxylic acids is 1. The Balaban J connectivity index is 1.63. The van der Waals surface area contributed by atoms with E-state index in [2.05, 4.69) is 20.3 Å². The Kier molecular flexibility index (Phi) is 4.75. The number of aromatic nitrogens is 3. The Bertz CT molecular complexity index is 881. The number of hydrogen-bond donors (Lipinski definition) is 2. The summed E-state index contributed by atoms with van der Waals surface area (Å²) in [5.74, 6) is 0.268. The Morgan fingerprint density at radius 1 is 1.35 bits per heavy atom. The molecule has 0 fully saturated rings. The molecule has 0 saturated heterocycles. The number of H-pyrrole nitrogens is 1. The van der Waals surface area contributed by atoms with Crippen LogP contribution < -0.4 is 5.32 Å². The number of benzene rings is 1. The maximum atomic E-state index is 12.0. The minimum absolute atomic E-state index is 0.194. The summed E-state index contributed by atoms with van der Waals surface area (Å²) in [6.45, 7) is 2.02. The molecule has 8 heteroatoms. The molecule has 2 aromatic heterocycles. The lowest BCUT2D eigenvalue weighted by Gasteiger charge is -2.05. The number of anilines is 1. The van der Waals surface area contributed by atoms with Crippen LogP contribution in [0.1, 0.15) is 5.56 Å². The van der Waals surface area contributed by atoms with E-state index in [0.717, 1.165) is 16.6 Å². The SMILES string of the molecule is Cc1ccc2nc(SCC(=O)Nc3ncc(Cl)cc3Cl)[nH]c2c1. The van der Waals surface area contributed by atoms with E-state index in [1.165, 1.54) is 24.0 Å². The standard InChI is InChI=1S/C15H12Cl2N4OS/c1-8-2-3-11-12(4-8)20-15(19-11)23-7-13(22)21-14-10(17)5-9(16)6-18-14/h2-6H,7H2,1H3,(H,19,20)(H,18,21,22). The van der Waals surface area contributed by atoms with Crippen molar-refractivity contribution in [1.29, 1.82) is 0 Å². The Hall–Kier alpha value is -1.76. The predicted octanol–water partition coefficient (Wildman–Crippen LogP) is 4.30. The molecule has 0 atom stereocenters. The van der Waals surface area contributed by atoms with Crippen LogP contribution in [0.25, 0.3) is 11.0 Å². The smallest absolute Gasteiger partial charge is 0.236 e. The van der Waals surface area contributed by atoms with Crippen molar-refractivity contribution in [2.24, 2.45) is 0 Å². The molecule has 23 heavy (non-hydrogen) atoms. The average Bonchev–Trinajstić information content (AvgIpc) is 2.90. The van der Waals surface area contributed by atoms with Crippen LogP contribution in [0.15, 0.2) is 35.6 Å². The molecule has 1 amide bonds. The van der Waals surface area contributed by atoms with Gasteiger partial charge in [0.25, 0.3) is 0 Å². The number of rotatable bonds is 4. The highest BCUT2D eigenvalue weighted by Crippen LogP contribution is 2.24. The van der Waals surface area contributed by atoms with E-state index in [0.29, 0.717) is 21.0 Å². The number of imidazole rings is 1. The second-order valence-corrected chi connectivity index (χ2v) is 6.69. The molecule has 0 unspecified atom stereocenters. The van der Waals surface area contributed by atoms with E-state index >= 15 is 0 Å². The number of thioether (sulfide) groups is 1. The largest absolute Gasteiger partial charge is 0.333 e. The van der Waals surface area contributed by atoms with Crippen molar-refractivity contribution in [3.8, 4) is 0 Å². The van der Waals surface area contributed by atoms with Gasteiger partial charge >= 0.3 is 0 Å². The molecule has 3 aromatic rings. The molecule has 3 rings (SSSR count). The number of amides is 1. The fourth-order valence-electron chi connectivity index (χ4n) is 1.98. The van der Waals surface area contributed by atoms with Crippen molar-refractivity contribution < 1.29 is 4.79 Å². The van der Waals surface area contributed by atoms with Crippen LogP contribution in [0, 0.1) is 6.92 Å². The fraction of sp³-hybridized carbons (Fsp3) is 0.133. The molecule has 2 N–H and O–H groups in total. The Labute approximate surface area is 146 Å². The van der Waals surface area contributed by atoms with Crippen molar-refractivity contribution in [3.63, 3.8) is 0 Å². The van der Waals surface area contributed by atoms with Gasteiger partial charge in [-0.15, -0.1) is 0 Å². The number of halogens is 2. The van der Waals surface area contributed by atoms with Gasteiger partial charge in [0.15, 0.2) is 11.0 Å². The first kappa shape index (κ1) is 16.1. The quantitative estimate of drug-likeness (QED) is 0.675. The minimum atomic E-state index is -0.219. The molecule has 0 aliphatic rings. The summed E-state index contributed by atoms with van der Waals surface area (Å²) in [6, 6.07) is 7.49. The summed E-state index contributed by atoms with van der Waals surface area (Å²) in [7, 11) is 0. The van der Waals surface area contributed by atoms with Gasteiger partial charge in [0.1, 0.15) is 0 Å². The zero-order valence-electron chi connectivity index (χ0n) is 12.1. The maximum Gasteiger partial charge on any atom is 0.236 e. The third-order valence-corrected chi connectivity index (χ3v) is 4.39. The van der Waals surface area contributed by atoms with E-state index in [1.807, 2.05) is 25.1 Å². The second-order valence-electron chi connectivity index (χ2n) is 4.88. The van der Waals surface area contributed by atoms with E-state index in [9.17, 15) is 4.79 Å². The van der Waals surface area contributed by atoms with Crippen molar-refractivity contribution in [1.82, 2.24) is 15.0 Å². The van der Waals surface area contributed by atoms with Crippen LogP contribution in [0.5, 0.6) is 0 Å². The zero-order chi connectivity index (χ0) is 16.4. The highest BCUT2D eigenvalue weighted by molar-refractivity contribution is 7.99. The summed E-state index contributed by atoms with van der Waals surface area (Å²) in [5.41, 5.74) is 2.98. The first-order valence-corrected chi connectivity index (χ1v) is 8.45. The van der Waals surface area contributed by atoms with Crippen molar-refractivity contribution in [3.05, 3.63) is 46.1 Å². The first-order valence-electron chi connectivity index (χ1n) is 6.71. The van der Waals surface area contributed by atoms with Crippen LogP contribution in [0.2, 0.25) is 10.0 Å². The third kappa shape index (κ3) is 3.96. The number of nitrogens with zero attached hydrogens (tertiary/aromatic N) is 2. The van der Waals surface area contributed by atoms with Gasteiger partial charge in [-0.1, -0.05) is 41.0 Å². The van der Waals surface area contributed by atoms with Gasteiger partial charge in [-0.3, -0.25) is 4.79 Å². The number of aromatic amines is 1. The number of hydrogen-bond acceptors (Lipinski definition) is 4. The number of fused-ring (bicyclic) bond motifs is 1. The van der Waals surface area contributed by atoms with Gasteiger partial charge in [-0.2, -0.15) is 0 Å². The molecular formula is C15H12Cl2N4OS. The number of pyridine rings is 1. The van der Waals surface area contributed by atoms with Gasteiger partial charge in [0.2, 0.25) is 5.91 Å². The molecule has 0 radical (unpaired) electrons. The van der Waals surface area contributed by atoms with Gasteiger partial charge in [-0.05, 0) is 30.7 Å². The van der Waals surface area contributed by atoms with Gasteiger partial charge in [0.05, 0.1) is 26.8 Å². The van der Waals surface area contributed by atoms with Crippen molar-refractivity contribution >= 4 is 57.7 Å². The molecule has 0 aliphatic heterocycles. The average molecular weight is 367 g/mol. The van der Waals surface area contributed by atoms with E-state index in [-0.39, 0.29) is 11.7 Å². The van der Waals surface area contributed by atoms with Crippen LogP contribution in [0.3, 0.4) is 0 Å². The molecule has 1 aromatic carbocycles. The summed E-state index contributed by atoms with van der Waals surface area (Å²) >= 11 is 13.1. The lowest BCUT2D eigenvalue weighted by molar-refractivity contribution is -0.113. The van der Waals surface area contributed by atoms with Gasteiger partial charge in [-0.25, -0.2) is 9.97 Å². The molecule has 0 saturated carbocycles. The molecule has 0 spiro atoms. The van der Waals surface area contributed by atoms with Crippen LogP contribution >= 0.6 is 35.0 Å². The normalized spacial score (nSPS) is 10.9. The van der Waals surface area contributed by atoms with Crippen LogP contribution in [-0.4, -0.2) is 26.6 Å². The first-order chi connectivity index (χ1) is 11.0. The van der Waals surface area contributed by atoms with Crippen molar-refractivity contribution in [2.75, 3.05) is 11.1 Å². The number of nitrogens with one attached hydrogen (secondary N) is 2. The molecule has 5 nitrogen and oxygen atoms in total. The predicted molar refractivity (Wildman–Crippen MR) is 94.4 cm³/mol. The maximum absolute atomic E-state index is 12.0. The fourth-order valence-corrected chi connectivity index (χ4v) is 3.09. The molecular weight excluding hydrogens is 355 g/mol. The van der Waals surface area contributed by atoms with Crippen LogP contribution in [0.4, 0.5) is 5.82 Å². The Morgan fingerprint density at radius 3 is 2.96 bits per heavy atom. The molecule has 0 aliphatic carbocycles. The van der Waals surface area contributed by atoms with E-state index in [4.69, 9.17) is 23.2 Å². The van der Waals surface area contributed by atoms with Crippen molar-refractivity contribution in [2.45, 2.75) is 12.1 Å². The summed E-state index contributed by atoms with van der Waals surface area (Å²) in [5, 5.41) is 4.06. The molecule has 0 bridgehead atoms.